The zero-order valence-corrected chi connectivity index (χ0v) is 21.0. The molecule has 7 nitrogen and oxygen atoms in total. The Labute approximate surface area is 220 Å². The van der Waals surface area contributed by atoms with Crippen LogP contribution in [0.25, 0.3) is 5.76 Å². The molecule has 1 fully saturated rings. The highest BCUT2D eigenvalue weighted by Gasteiger charge is 2.47. The first kappa shape index (κ1) is 24.8. The van der Waals surface area contributed by atoms with Crippen LogP contribution in [-0.4, -0.2) is 28.9 Å². The van der Waals surface area contributed by atoms with Gasteiger partial charge in [0.2, 0.25) is 0 Å². The number of pyridine rings is 1. The van der Waals surface area contributed by atoms with Crippen molar-refractivity contribution in [2.24, 2.45) is 0 Å². The summed E-state index contributed by atoms with van der Waals surface area (Å²) in [7, 11) is 1.48. The van der Waals surface area contributed by atoms with Crippen LogP contribution >= 0.6 is 0 Å². The Balaban J connectivity index is 1.55. The number of aliphatic hydroxyl groups excluding tert-OH is 1. The van der Waals surface area contributed by atoms with Crippen molar-refractivity contribution >= 4 is 23.1 Å². The number of Topliss-reactive ketones (excluding diaryl/α,β-unsaturated/α-hetero) is 1. The number of methoxy groups -OCH3 is 1. The highest BCUT2D eigenvalue weighted by molar-refractivity contribution is 6.51. The molecule has 0 aliphatic carbocycles. The number of ketones is 1. The third kappa shape index (κ3) is 4.74. The molecule has 4 aromatic rings. The average molecular weight is 507 g/mol. The minimum absolute atomic E-state index is 0.0537. The van der Waals surface area contributed by atoms with E-state index in [9.17, 15) is 14.7 Å². The topological polar surface area (TPSA) is 89.0 Å². The lowest BCUT2D eigenvalue weighted by atomic mass is 9.97. The zero-order chi connectivity index (χ0) is 26.6. The maximum Gasteiger partial charge on any atom is 0.300 e. The second-order valence-corrected chi connectivity index (χ2v) is 8.90. The van der Waals surface area contributed by atoms with Crippen LogP contribution in [-0.2, 0) is 16.2 Å². The van der Waals surface area contributed by atoms with Crippen LogP contribution in [0, 0.1) is 6.92 Å². The lowest BCUT2D eigenvalue weighted by Gasteiger charge is -2.25. The van der Waals surface area contributed by atoms with Crippen LogP contribution < -0.4 is 14.4 Å². The van der Waals surface area contributed by atoms with Crippen LogP contribution in [0.1, 0.15) is 28.4 Å². The number of hydrogen-bond donors (Lipinski definition) is 1. The largest absolute Gasteiger partial charge is 0.507 e. The highest BCUT2D eigenvalue weighted by Crippen LogP contribution is 2.43. The number of aromatic nitrogens is 1. The molecule has 5 rings (SSSR count). The van der Waals surface area contributed by atoms with Gasteiger partial charge in [0.25, 0.3) is 11.7 Å². The molecule has 7 heteroatoms. The van der Waals surface area contributed by atoms with Crippen molar-refractivity contribution < 1.29 is 24.2 Å². The van der Waals surface area contributed by atoms with Crippen LogP contribution in [0.2, 0.25) is 0 Å². The number of rotatable bonds is 7. The molecule has 2 heterocycles. The molecule has 1 aliphatic heterocycles. The fourth-order valence-electron chi connectivity index (χ4n) is 4.51. The maximum atomic E-state index is 13.4. The molecule has 1 aromatic heterocycles. The van der Waals surface area contributed by atoms with E-state index in [1.165, 1.54) is 12.0 Å². The van der Waals surface area contributed by atoms with E-state index in [0.29, 0.717) is 35.1 Å². The van der Waals surface area contributed by atoms with Crippen LogP contribution in [0.15, 0.2) is 103 Å². The lowest BCUT2D eigenvalue weighted by Crippen LogP contribution is -2.29. The van der Waals surface area contributed by atoms with Gasteiger partial charge in [-0.25, -0.2) is 0 Å². The second kappa shape index (κ2) is 10.6. The molecule has 1 amide bonds. The van der Waals surface area contributed by atoms with E-state index in [1.807, 2.05) is 43.3 Å². The molecule has 1 unspecified atom stereocenters. The van der Waals surface area contributed by atoms with E-state index in [1.54, 1.807) is 60.8 Å². The average Bonchev–Trinajstić information content (AvgIpc) is 3.22. The molecule has 1 atom stereocenters. The van der Waals surface area contributed by atoms with Crippen molar-refractivity contribution in [3.63, 3.8) is 0 Å². The fraction of sp³-hybridized carbons (Fsp3) is 0.129. The molecule has 0 spiro atoms. The van der Waals surface area contributed by atoms with Gasteiger partial charge in [0.1, 0.15) is 29.9 Å². The molecular formula is C31H26N2O5. The van der Waals surface area contributed by atoms with Crippen LogP contribution in [0.5, 0.6) is 11.5 Å². The van der Waals surface area contributed by atoms with Crippen LogP contribution in [0.3, 0.4) is 0 Å². The molecule has 0 radical (unpaired) electrons. The standard InChI is InChI=1S/C31H26N2O5/c1-20-11-16-26(37-2)24(18-20)29(34)27-28(25-10-6-7-17-32-25)33(31(36)30(27)35)22-12-14-23(15-13-22)38-19-21-8-4-3-5-9-21/h3-18,28,34H,19H2,1-2H3/b29-27+. The van der Waals surface area contributed by atoms with E-state index < -0.39 is 17.7 Å². The van der Waals surface area contributed by atoms with Gasteiger partial charge in [-0.05, 0) is 61.0 Å². The number of carbonyl (C=O) groups is 2. The number of anilines is 1. The number of amides is 1. The Kier molecular flexibility index (Phi) is 6.91. The Morgan fingerprint density at radius 1 is 0.947 bits per heavy atom. The molecule has 1 aliphatic rings. The minimum atomic E-state index is -0.933. The van der Waals surface area contributed by atoms with Gasteiger partial charge in [-0.15, -0.1) is 0 Å². The van der Waals surface area contributed by atoms with Crippen molar-refractivity contribution in [1.29, 1.82) is 0 Å². The molecule has 190 valence electrons. The van der Waals surface area contributed by atoms with Gasteiger partial charge in [0.05, 0.1) is 23.9 Å². The van der Waals surface area contributed by atoms with Gasteiger partial charge in [0.15, 0.2) is 0 Å². The third-order valence-electron chi connectivity index (χ3n) is 6.39. The number of aliphatic hydroxyl groups is 1. The van der Waals surface area contributed by atoms with Crippen molar-refractivity contribution in [3.8, 4) is 11.5 Å². The first-order valence-electron chi connectivity index (χ1n) is 12.1. The second-order valence-electron chi connectivity index (χ2n) is 8.90. The van der Waals surface area contributed by atoms with Gasteiger partial charge < -0.3 is 14.6 Å². The minimum Gasteiger partial charge on any atom is -0.507 e. The quantitative estimate of drug-likeness (QED) is 0.199. The summed E-state index contributed by atoms with van der Waals surface area (Å²) < 4.78 is 11.3. The van der Waals surface area contributed by atoms with E-state index >= 15 is 0 Å². The Morgan fingerprint density at radius 2 is 1.68 bits per heavy atom. The summed E-state index contributed by atoms with van der Waals surface area (Å²) >= 11 is 0. The predicted octanol–water partition coefficient (Wildman–Crippen LogP) is 5.60. The lowest BCUT2D eigenvalue weighted by molar-refractivity contribution is -0.132. The summed E-state index contributed by atoms with van der Waals surface area (Å²) in [6.45, 7) is 2.27. The van der Waals surface area contributed by atoms with E-state index in [-0.39, 0.29) is 11.3 Å². The Bertz CT molecular complexity index is 1500. The number of hydrogen-bond acceptors (Lipinski definition) is 6. The summed E-state index contributed by atoms with van der Waals surface area (Å²) in [5.41, 5.74) is 3.10. The Hall–Kier alpha value is -4.91. The molecule has 38 heavy (non-hydrogen) atoms. The normalized spacial score (nSPS) is 16.5. The summed E-state index contributed by atoms with van der Waals surface area (Å²) in [5.74, 6) is -0.866. The number of aryl methyl sites for hydroxylation is 1. The molecular weight excluding hydrogens is 480 g/mol. The van der Waals surface area contributed by atoms with E-state index in [4.69, 9.17) is 9.47 Å². The molecule has 0 bridgehead atoms. The number of ether oxygens (including phenoxy) is 2. The van der Waals surface area contributed by atoms with Crippen molar-refractivity contribution in [3.05, 3.63) is 125 Å². The third-order valence-corrected chi connectivity index (χ3v) is 6.39. The monoisotopic (exact) mass is 506 g/mol. The highest BCUT2D eigenvalue weighted by atomic mass is 16.5. The molecule has 3 aromatic carbocycles. The fourth-order valence-corrected chi connectivity index (χ4v) is 4.51. The first-order valence-corrected chi connectivity index (χ1v) is 12.1. The summed E-state index contributed by atoms with van der Waals surface area (Å²) in [4.78, 5) is 32.6. The van der Waals surface area contributed by atoms with Crippen molar-refractivity contribution in [2.45, 2.75) is 19.6 Å². The predicted molar refractivity (Wildman–Crippen MR) is 144 cm³/mol. The van der Waals surface area contributed by atoms with Gasteiger partial charge in [0, 0.05) is 11.9 Å². The number of benzene rings is 3. The van der Waals surface area contributed by atoms with Gasteiger partial charge in [-0.1, -0.05) is 48.0 Å². The van der Waals surface area contributed by atoms with Gasteiger partial charge in [-0.3, -0.25) is 19.5 Å². The van der Waals surface area contributed by atoms with Crippen LogP contribution in [0.4, 0.5) is 5.69 Å². The SMILES string of the molecule is COc1ccc(C)cc1/C(O)=C1\C(=O)C(=O)N(c2ccc(OCc3ccccc3)cc2)C1c1ccccn1. The first-order chi connectivity index (χ1) is 18.5. The number of nitrogens with zero attached hydrogens (tertiary/aromatic N) is 2. The summed E-state index contributed by atoms with van der Waals surface area (Å²) in [6.07, 6.45) is 1.59. The van der Waals surface area contributed by atoms with E-state index in [2.05, 4.69) is 4.98 Å². The molecule has 0 saturated carbocycles. The van der Waals surface area contributed by atoms with Gasteiger partial charge in [-0.2, -0.15) is 0 Å². The maximum absolute atomic E-state index is 13.4. The van der Waals surface area contributed by atoms with E-state index in [0.717, 1.165) is 11.1 Å². The van der Waals surface area contributed by atoms with Crippen molar-refractivity contribution in [1.82, 2.24) is 4.98 Å². The molecule has 1 saturated heterocycles. The zero-order valence-electron chi connectivity index (χ0n) is 21.0. The van der Waals surface area contributed by atoms with Crippen molar-refractivity contribution in [2.75, 3.05) is 12.0 Å². The van der Waals surface area contributed by atoms with Gasteiger partial charge >= 0.3 is 0 Å². The summed E-state index contributed by atoms with van der Waals surface area (Å²) in [5, 5.41) is 11.4. The summed E-state index contributed by atoms with van der Waals surface area (Å²) in [6, 6.07) is 26.3. The molecule has 1 N–H and O–H groups in total. The smallest absolute Gasteiger partial charge is 0.300 e. The number of carbonyl (C=O) groups excluding carboxylic acids is 2. The Morgan fingerprint density at radius 3 is 2.37 bits per heavy atom.